The first-order chi connectivity index (χ1) is 9.13. The summed E-state index contributed by atoms with van der Waals surface area (Å²) in [6, 6.07) is 7.72. The molecule has 0 radical (unpaired) electrons. The molecule has 0 bridgehead atoms. The lowest BCUT2D eigenvalue weighted by atomic mass is 10.1. The minimum atomic E-state index is 0.363. The van der Waals surface area contributed by atoms with Gasteiger partial charge in [-0.25, -0.2) is 4.68 Å². The van der Waals surface area contributed by atoms with Crippen LogP contribution in [-0.2, 0) is 13.1 Å². The molecule has 102 valence electrons. The summed E-state index contributed by atoms with van der Waals surface area (Å²) in [6.07, 6.45) is 1.05. The van der Waals surface area contributed by atoms with E-state index < -0.39 is 0 Å². The Balaban J connectivity index is 2.42. The number of halogens is 1. The monoisotopic (exact) mass is 278 g/mol. The van der Waals surface area contributed by atoms with E-state index in [1.54, 1.807) is 0 Å². The van der Waals surface area contributed by atoms with E-state index in [0.717, 1.165) is 29.9 Å². The second-order valence-corrected chi connectivity index (χ2v) is 5.38. The summed E-state index contributed by atoms with van der Waals surface area (Å²) >= 11 is 6.27. The van der Waals surface area contributed by atoms with E-state index in [2.05, 4.69) is 24.2 Å². The lowest BCUT2D eigenvalue weighted by Crippen LogP contribution is -2.07. The first-order valence-electron chi connectivity index (χ1n) is 6.50. The molecule has 0 aliphatic heterocycles. The lowest BCUT2D eigenvalue weighted by molar-refractivity contribution is 0.481. The molecule has 0 saturated heterocycles. The number of nitrogens with two attached hydrogens (primary N) is 1. The molecule has 0 aliphatic carbocycles. The number of aromatic nitrogens is 3. The van der Waals surface area contributed by atoms with Gasteiger partial charge in [-0.2, -0.15) is 0 Å². The fourth-order valence-corrected chi connectivity index (χ4v) is 2.20. The molecule has 0 unspecified atom stereocenters. The summed E-state index contributed by atoms with van der Waals surface area (Å²) in [7, 11) is 0. The Morgan fingerprint density at radius 3 is 2.68 bits per heavy atom. The maximum absolute atomic E-state index is 6.27. The molecule has 2 N–H and O–H groups in total. The zero-order chi connectivity index (χ0) is 13.8. The van der Waals surface area contributed by atoms with Crippen molar-refractivity contribution in [3.63, 3.8) is 0 Å². The fraction of sp³-hybridized carbons (Fsp3) is 0.429. The first-order valence-corrected chi connectivity index (χ1v) is 6.88. The van der Waals surface area contributed by atoms with Crippen LogP contribution < -0.4 is 5.73 Å². The Morgan fingerprint density at radius 1 is 1.32 bits per heavy atom. The van der Waals surface area contributed by atoms with E-state index in [-0.39, 0.29) is 0 Å². The number of hydrogen-bond donors (Lipinski definition) is 1. The molecule has 5 heteroatoms. The minimum absolute atomic E-state index is 0.363. The quantitative estimate of drug-likeness (QED) is 0.914. The molecular formula is C14H19ClN4. The predicted octanol–water partition coefficient (Wildman–Crippen LogP) is 3.10. The minimum Gasteiger partial charge on any atom is -0.325 e. The van der Waals surface area contributed by atoms with Crippen LogP contribution in [0, 0.1) is 5.92 Å². The van der Waals surface area contributed by atoms with Crippen LogP contribution in [0.15, 0.2) is 24.3 Å². The van der Waals surface area contributed by atoms with Gasteiger partial charge in [-0.15, -0.1) is 5.10 Å². The zero-order valence-corrected chi connectivity index (χ0v) is 12.1. The normalized spacial score (nSPS) is 11.2. The molecule has 0 fully saturated rings. The van der Waals surface area contributed by atoms with Crippen LogP contribution in [0.25, 0.3) is 11.3 Å². The van der Waals surface area contributed by atoms with Crippen LogP contribution >= 0.6 is 11.6 Å². The van der Waals surface area contributed by atoms with Gasteiger partial charge in [0.1, 0.15) is 5.69 Å². The number of aryl methyl sites for hydroxylation is 1. The Bertz CT molecular complexity index is 548. The molecule has 2 aromatic rings. The standard InChI is InChI=1S/C14H19ClN4/c1-10(2)7-8-19-14(13(9-16)17-18-19)11-5-3-4-6-12(11)15/h3-6,10H,7-9,16H2,1-2H3. The smallest absolute Gasteiger partial charge is 0.104 e. The molecule has 2 rings (SSSR count). The molecule has 19 heavy (non-hydrogen) atoms. The van der Waals surface area contributed by atoms with Crippen LogP contribution in [0.4, 0.5) is 0 Å². The molecule has 1 aromatic carbocycles. The third-order valence-electron chi connectivity index (χ3n) is 3.05. The molecule has 0 spiro atoms. The van der Waals surface area contributed by atoms with Crippen LogP contribution in [0.2, 0.25) is 5.02 Å². The van der Waals surface area contributed by atoms with Gasteiger partial charge >= 0.3 is 0 Å². The maximum Gasteiger partial charge on any atom is 0.104 e. The van der Waals surface area contributed by atoms with Crippen molar-refractivity contribution >= 4 is 11.6 Å². The molecule has 4 nitrogen and oxygen atoms in total. The third-order valence-corrected chi connectivity index (χ3v) is 3.38. The zero-order valence-electron chi connectivity index (χ0n) is 11.3. The highest BCUT2D eigenvalue weighted by atomic mass is 35.5. The van der Waals surface area contributed by atoms with Crippen molar-refractivity contribution < 1.29 is 0 Å². The van der Waals surface area contributed by atoms with Crippen LogP contribution in [0.1, 0.15) is 26.0 Å². The van der Waals surface area contributed by atoms with E-state index in [4.69, 9.17) is 17.3 Å². The highest BCUT2D eigenvalue weighted by Gasteiger charge is 2.16. The average Bonchev–Trinajstić information content (AvgIpc) is 2.79. The SMILES string of the molecule is CC(C)CCn1nnc(CN)c1-c1ccccc1Cl. The molecule has 1 heterocycles. The molecule has 0 atom stereocenters. The Kier molecular flexibility index (Phi) is 4.56. The molecule has 0 saturated carbocycles. The third kappa shape index (κ3) is 3.14. The van der Waals surface area contributed by atoms with Crippen molar-refractivity contribution in [1.29, 1.82) is 0 Å². The van der Waals surface area contributed by atoms with Gasteiger partial charge < -0.3 is 5.73 Å². The summed E-state index contributed by atoms with van der Waals surface area (Å²) in [4.78, 5) is 0. The van der Waals surface area contributed by atoms with Crippen molar-refractivity contribution in [1.82, 2.24) is 15.0 Å². The van der Waals surface area contributed by atoms with E-state index in [9.17, 15) is 0 Å². The van der Waals surface area contributed by atoms with Gasteiger partial charge in [0.25, 0.3) is 0 Å². The number of hydrogen-bond acceptors (Lipinski definition) is 3. The van der Waals surface area contributed by atoms with Gasteiger partial charge in [0, 0.05) is 18.7 Å². The van der Waals surface area contributed by atoms with E-state index in [0.29, 0.717) is 17.5 Å². The molecule has 0 aliphatic rings. The van der Waals surface area contributed by atoms with Crippen molar-refractivity contribution in [3.05, 3.63) is 35.0 Å². The van der Waals surface area contributed by atoms with Crippen LogP contribution in [0.5, 0.6) is 0 Å². The molecule has 0 amide bonds. The number of rotatable bonds is 5. The number of nitrogens with zero attached hydrogens (tertiary/aromatic N) is 3. The van der Waals surface area contributed by atoms with Gasteiger partial charge in [0.05, 0.1) is 10.7 Å². The van der Waals surface area contributed by atoms with Gasteiger partial charge in [0.2, 0.25) is 0 Å². The molecular weight excluding hydrogens is 260 g/mol. The van der Waals surface area contributed by atoms with Crippen molar-refractivity contribution in [2.45, 2.75) is 33.4 Å². The highest BCUT2D eigenvalue weighted by Crippen LogP contribution is 2.29. The summed E-state index contributed by atoms with van der Waals surface area (Å²) in [5.74, 6) is 0.615. The number of benzene rings is 1. The Hall–Kier alpha value is -1.39. The summed E-state index contributed by atoms with van der Waals surface area (Å²) in [5, 5.41) is 9.06. The van der Waals surface area contributed by atoms with Crippen molar-refractivity contribution in [2.75, 3.05) is 0 Å². The summed E-state index contributed by atoms with van der Waals surface area (Å²) in [5.41, 5.74) is 8.42. The lowest BCUT2D eigenvalue weighted by Gasteiger charge is -2.10. The Labute approximate surface area is 118 Å². The summed E-state index contributed by atoms with van der Waals surface area (Å²) in [6.45, 7) is 5.57. The van der Waals surface area contributed by atoms with E-state index in [1.165, 1.54) is 0 Å². The second-order valence-electron chi connectivity index (χ2n) is 4.97. The van der Waals surface area contributed by atoms with E-state index in [1.807, 2.05) is 28.9 Å². The van der Waals surface area contributed by atoms with Gasteiger partial charge in [-0.3, -0.25) is 0 Å². The van der Waals surface area contributed by atoms with Gasteiger partial charge in [0.15, 0.2) is 0 Å². The molecule has 1 aromatic heterocycles. The van der Waals surface area contributed by atoms with Gasteiger partial charge in [-0.1, -0.05) is 48.9 Å². The van der Waals surface area contributed by atoms with Crippen LogP contribution in [0.3, 0.4) is 0 Å². The Morgan fingerprint density at radius 2 is 2.05 bits per heavy atom. The topological polar surface area (TPSA) is 56.7 Å². The average molecular weight is 279 g/mol. The predicted molar refractivity (Wildman–Crippen MR) is 77.8 cm³/mol. The highest BCUT2D eigenvalue weighted by molar-refractivity contribution is 6.33. The van der Waals surface area contributed by atoms with E-state index >= 15 is 0 Å². The van der Waals surface area contributed by atoms with Crippen molar-refractivity contribution in [3.8, 4) is 11.3 Å². The second kappa shape index (κ2) is 6.17. The van der Waals surface area contributed by atoms with Gasteiger partial charge in [-0.05, 0) is 18.4 Å². The first kappa shape index (κ1) is 14.0. The van der Waals surface area contributed by atoms with Crippen LogP contribution in [-0.4, -0.2) is 15.0 Å². The maximum atomic E-state index is 6.27. The van der Waals surface area contributed by atoms with Crippen molar-refractivity contribution in [2.24, 2.45) is 11.7 Å². The summed E-state index contributed by atoms with van der Waals surface area (Å²) < 4.78 is 1.91. The largest absolute Gasteiger partial charge is 0.325 e. The fourth-order valence-electron chi connectivity index (χ4n) is 1.97.